The lowest BCUT2D eigenvalue weighted by molar-refractivity contribution is -0.385. The molecule has 0 unspecified atom stereocenters. The van der Waals surface area contributed by atoms with Gasteiger partial charge in [0.25, 0.3) is 0 Å². The number of fused-ring (bicyclic) bond motifs is 1. The van der Waals surface area contributed by atoms with Crippen LogP contribution in [0, 0.1) is 10.1 Å². The molecule has 8 nitrogen and oxygen atoms in total. The highest BCUT2D eigenvalue weighted by atomic mass is 32.2. The van der Waals surface area contributed by atoms with Crippen molar-refractivity contribution in [2.75, 3.05) is 13.7 Å². The number of nitro groups is 1. The molecule has 2 aliphatic heterocycles. The quantitative estimate of drug-likeness (QED) is 0.442. The lowest BCUT2D eigenvalue weighted by Gasteiger charge is -2.33. The van der Waals surface area contributed by atoms with Gasteiger partial charge in [0.05, 0.1) is 36.0 Å². The average Bonchev–Trinajstić information content (AvgIpc) is 3.07. The van der Waals surface area contributed by atoms with Crippen molar-refractivity contribution in [3.63, 3.8) is 0 Å². The highest BCUT2D eigenvalue weighted by molar-refractivity contribution is 8.16. The summed E-state index contributed by atoms with van der Waals surface area (Å²) in [6, 6.07) is 4.11. The number of hydrogen-bond donors (Lipinski definition) is 0. The van der Waals surface area contributed by atoms with Crippen LogP contribution in [0.4, 0.5) is 5.69 Å². The third kappa shape index (κ3) is 3.05. The van der Waals surface area contributed by atoms with Crippen molar-refractivity contribution in [3.8, 4) is 5.75 Å². The van der Waals surface area contributed by atoms with E-state index in [1.807, 2.05) is 10.3 Å². The monoisotopic (exact) mass is 375 g/mol. The molecule has 1 aromatic rings. The van der Waals surface area contributed by atoms with Gasteiger partial charge in [0.2, 0.25) is 0 Å². The molecule has 0 bridgehead atoms. The van der Waals surface area contributed by atoms with E-state index < -0.39 is 16.9 Å². The minimum absolute atomic E-state index is 0.160. The lowest BCUT2D eigenvalue weighted by Crippen LogP contribution is -2.34. The maximum Gasteiger partial charge on any atom is 0.338 e. The van der Waals surface area contributed by atoms with Crippen LogP contribution in [0.25, 0.3) is 0 Å². The normalized spacial score (nSPS) is 18.5. The summed E-state index contributed by atoms with van der Waals surface area (Å²) >= 11 is 1.42. The van der Waals surface area contributed by atoms with E-state index in [9.17, 15) is 14.9 Å². The van der Waals surface area contributed by atoms with Gasteiger partial charge in [0, 0.05) is 12.3 Å². The third-order valence-corrected chi connectivity index (χ3v) is 4.80. The Kier molecular flexibility index (Phi) is 4.99. The molecule has 0 radical (unpaired) electrons. The van der Waals surface area contributed by atoms with Crippen molar-refractivity contribution in [2.45, 2.75) is 19.9 Å². The molecule has 1 aromatic carbocycles. The molecule has 2 heterocycles. The Labute approximate surface area is 154 Å². The van der Waals surface area contributed by atoms with Crippen molar-refractivity contribution >= 4 is 28.6 Å². The first-order chi connectivity index (χ1) is 12.5. The average molecular weight is 375 g/mol. The molecule has 3 rings (SSSR count). The fraction of sp³-hybridized carbons (Fsp3) is 0.294. The number of hydrogen-bond acceptors (Lipinski definition) is 8. The highest BCUT2D eigenvalue weighted by Gasteiger charge is 2.38. The van der Waals surface area contributed by atoms with Gasteiger partial charge in [-0.25, -0.2) is 9.79 Å². The number of nitrogens with zero attached hydrogens (tertiary/aromatic N) is 3. The van der Waals surface area contributed by atoms with Crippen LogP contribution in [0.3, 0.4) is 0 Å². The standard InChI is InChI=1S/C17H17N3O5S/c1-4-25-16(21)14-10(2)18-17-19(7-8-26-17)15(14)11-5-6-13(24-3)12(9-11)20(22)23/h5-9,15H,4H2,1-3H3/t15-/m0/s1. The Morgan fingerprint density at radius 2 is 2.23 bits per heavy atom. The van der Waals surface area contributed by atoms with Crippen LogP contribution in [0.5, 0.6) is 5.75 Å². The Balaban J connectivity index is 2.15. The van der Waals surface area contributed by atoms with Crippen LogP contribution in [-0.4, -0.2) is 34.7 Å². The number of allylic oxidation sites excluding steroid dienone is 1. The molecular formula is C17H17N3O5S. The summed E-state index contributed by atoms with van der Waals surface area (Å²) in [4.78, 5) is 29.7. The van der Waals surface area contributed by atoms with Crippen molar-refractivity contribution < 1.29 is 19.2 Å². The molecule has 0 aliphatic carbocycles. The van der Waals surface area contributed by atoms with E-state index in [1.54, 1.807) is 26.1 Å². The largest absolute Gasteiger partial charge is 0.490 e. The minimum atomic E-state index is -0.558. The van der Waals surface area contributed by atoms with Gasteiger partial charge in [-0.05, 0) is 30.9 Å². The molecule has 9 heteroatoms. The fourth-order valence-electron chi connectivity index (χ4n) is 2.92. The smallest absolute Gasteiger partial charge is 0.338 e. The maximum absolute atomic E-state index is 12.6. The zero-order valence-electron chi connectivity index (χ0n) is 14.5. The molecular weight excluding hydrogens is 358 g/mol. The topological polar surface area (TPSA) is 94.3 Å². The van der Waals surface area contributed by atoms with Crippen LogP contribution in [0.1, 0.15) is 25.5 Å². The zero-order chi connectivity index (χ0) is 18.8. The Bertz CT molecular complexity index is 862. The van der Waals surface area contributed by atoms with Gasteiger partial charge in [-0.15, -0.1) is 0 Å². The van der Waals surface area contributed by atoms with E-state index >= 15 is 0 Å². The molecule has 0 saturated carbocycles. The van der Waals surface area contributed by atoms with Crippen molar-refractivity contribution in [2.24, 2.45) is 4.99 Å². The van der Waals surface area contributed by atoms with E-state index in [4.69, 9.17) is 9.47 Å². The second-order valence-corrected chi connectivity index (χ2v) is 6.39. The summed E-state index contributed by atoms with van der Waals surface area (Å²) in [5.74, 6) is -0.324. The summed E-state index contributed by atoms with van der Waals surface area (Å²) in [6.45, 7) is 3.69. The Morgan fingerprint density at radius 1 is 1.46 bits per heavy atom. The highest BCUT2D eigenvalue weighted by Crippen LogP contribution is 2.42. The van der Waals surface area contributed by atoms with Gasteiger partial charge >= 0.3 is 11.7 Å². The van der Waals surface area contributed by atoms with Gasteiger partial charge in [-0.2, -0.15) is 0 Å². The zero-order valence-corrected chi connectivity index (χ0v) is 15.3. The number of carbonyl (C=O) groups excluding carboxylic acids is 1. The second-order valence-electron chi connectivity index (χ2n) is 5.52. The van der Waals surface area contributed by atoms with Gasteiger partial charge < -0.3 is 14.4 Å². The second kappa shape index (κ2) is 7.20. The molecule has 136 valence electrons. The first-order valence-corrected chi connectivity index (χ1v) is 8.76. The number of carbonyl (C=O) groups is 1. The minimum Gasteiger partial charge on any atom is -0.490 e. The number of esters is 1. The fourth-order valence-corrected chi connectivity index (χ4v) is 3.71. The van der Waals surface area contributed by atoms with Crippen LogP contribution >= 0.6 is 11.8 Å². The number of nitro benzene ring substituents is 1. The molecule has 26 heavy (non-hydrogen) atoms. The van der Waals surface area contributed by atoms with Crippen LogP contribution in [0.2, 0.25) is 0 Å². The van der Waals surface area contributed by atoms with Crippen molar-refractivity contribution in [1.29, 1.82) is 0 Å². The lowest BCUT2D eigenvalue weighted by atomic mass is 9.94. The van der Waals surface area contributed by atoms with Crippen molar-refractivity contribution in [1.82, 2.24) is 4.90 Å². The van der Waals surface area contributed by atoms with Gasteiger partial charge in [-0.1, -0.05) is 17.8 Å². The summed E-state index contributed by atoms with van der Waals surface area (Å²) in [6.07, 6.45) is 1.80. The predicted octanol–water partition coefficient (Wildman–Crippen LogP) is 3.37. The van der Waals surface area contributed by atoms with Gasteiger partial charge in [0.15, 0.2) is 10.9 Å². The van der Waals surface area contributed by atoms with E-state index in [-0.39, 0.29) is 18.0 Å². The van der Waals surface area contributed by atoms with Crippen LogP contribution in [0.15, 0.2) is 46.1 Å². The summed E-state index contributed by atoms with van der Waals surface area (Å²) in [5, 5.41) is 14.0. The first-order valence-electron chi connectivity index (χ1n) is 7.88. The molecule has 0 amide bonds. The molecule has 0 fully saturated rings. The Hall–Kier alpha value is -2.81. The number of benzene rings is 1. The van der Waals surface area contributed by atoms with E-state index in [0.717, 1.165) is 0 Å². The number of rotatable bonds is 5. The summed E-state index contributed by atoms with van der Waals surface area (Å²) < 4.78 is 10.3. The summed E-state index contributed by atoms with van der Waals surface area (Å²) in [5.41, 5.74) is 1.32. The number of amidine groups is 1. The molecule has 0 N–H and O–H groups in total. The van der Waals surface area contributed by atoms with E-state index in [2.05, 4.69) is 4.99 Å². The maximum atomic E-state index is 12.6. The Morgan fingerprint density at radius 3 is 2.88 bits per heavy atom. The summed E-state index contributed by atoms with van der Waals surface area (Å²) in [7, 11) is 1.38. The first kappa shape index (κ1) is 18.0. The SMILES string of the molecule is CCOC(=O)C1=C(C)N=C2SC=CN2[C@H]1c1ccc(OC)c([N+](=O)[O-])c1. The van der Waals surface area contributed by atoms with E-state index in [1.165, 1.54) is 31.0 Å². The number of thioether (sulfide) groups is 1. The molecule has 1 atom stereocenters. The third-order valence-electron chi connectivity index (χ3n) is 4.03. The van der Waals surface area contributed by atoms with Gasteiger partial charge in [0.1, 0.15) is 0 Å². The van der Waals surface area contributed by atoms with E-state index in [0.29, 0.717) is 22.0 Å². The number of methoxy groups -OCH3 is 1. The molecule has 2 aliphatic rings. The van der Waals surface area contributed by atoms with Crippen molar-refractivity contribution in [3.05, 3.63) is 56.8 Å². The van der Waals surface area contributed by atoms with Gasteiger partial charge in [-0.3, -0.25) is 10.1 Å². The number of ether oxygens (including phenoxy) is 2. The van der Waals surface area contributed by atoms with Crippen LogP contribution in [-0.2, 0) is 9.53 Å². The molecule has 0 aromatic heterocycles. The predicted molar refractivity (Wildman–Crippen MR) is 97.7 cm³/mol. The van der Waals surface area contributed by atoms with Crippen LogP contribution < -0.4 is 4.74 Å². The molecule has 0 spiro atoms. The molecule has 0 saturated heterocycles. The number of aliphatic imine (C=N–C) groups is 1.